The Morgan fingerprint density at radius 3 is 2.41 bits per heavy atom. The molecule has 5 heteroatoms. The van der Waals surface area contributed by atoms with Crippen LogP contribution in [0.4, 0.5) is 5.69 Å². The Hall–Kier alpha value is -2.53. The van der Waals surface area contributed by atoms with Crippen molar-refractivity contribution in [2.75, 3.05) is 4.90 Å². The van der Waals surface area contributed by atoms with Gasteiger partial charge in [0.05, 0.1) is 11.6 Å². The number of nitrogens with two attached hydrogens (primary N) is 1. The lowest BCUT2D eigenvalue weighted by Gasteiger charge is -2.37. The summed E-state index contributed by atoms with van der Waals surface area (Å²) in [5.74, 6) is 0.752. The third-order valence-corrected chi connectivity index (χ3v) is 4.43. The van der Waals surface area contributed by atoms with E-state index in [1.165, 1.54) is 32.1 Å². The molecule has 114 valence electrons. The van der Waals surface area contributed by atoms with Crippen LogP contribution in [0.15, 0.2) is 29.3 Å². The Balaban J connectivity index is 2.31. The van der Waals surface area contributed by atoms with Crippen molar-refractivity contribution in [3.05, 3.63) is 29.8 Å². The summed E-state index contributed by atoms with van der Waals surface area (Å²) in [7, 11) is 0. The van der Waals surface area contributed by atoms with Crippen LogP contribution in [-0.4, -0.2) is 12.0 Å². The highest BCUT2D eigenvalue weighted by molar-refractivity contribution is 5.96. The van der Waals surface area contributed by atoms with E-state index in [9.17, 15) is 0 Å². The average Bonchev–Trinajstić information content (AvgIpc) is 2.56. The predicted octanol–water partition coefficient (Wildman–Crippen LogP) is 3.13. The lowest BCUT2D eigenvalue weighted by molar-refractivity contribution is 0.316. The summed E-state index contributed by atoms with van der Waals surface area (Å²) in [5, 5.41) is 17.7. The van der Waals surface area contributed by atoms with Gasteiger partial charge in [0.25, 0.3) is 0 Å². The van der Waals surface area contributed by atoms with Crippen LogP contribution >= 0.6 is 0 Å². The molecule has 1 fully saturated rings. The first kappa shape index (κ1) is 15.9. The molecule has 1 saturated carbocycles. The largest absolute Gasteiger partial charge is 0.369 e. The summed E-state index contributed by atoms with van der Waals surface area (Å²) in [6, 6.07) is 9.52. The van der Waals surface area contributed by atoms with Gasteiger partial charge in [0.2, 0.25) is 12.2 Å². The maximum atomic E-state index is 8.92. The molecule has 1 aromatic carbocycles. The molecule has 0 heterocycles. The van der Waals surface area contributed by atoms with Gasteiger partial charge in [-0.05, 0) is 49.9 Å². The number of anilines is 1. The van der Waals surface area contributed by atoms with E-state index in [4.69, 9.17) is 16.3 Å². The fraction of sp³-hybridized carbons (Fsp3) is 0.471. The molecule has 0 saturated heterocycles. The molecule has 5 nitrogen and oxygen atoms in total. The summed E-state index contributed by atoms with van der Waals surface area (Å²) >= 11 is 0. The highest BCUT2D eigenvalue weighted by atomic mass is 15.3. The number of rotatable bonds is 3. The Morgan fingerprint density at radius 1 is 1.23 bits per heavy atom. The Bertz CT molecular complexity index is 599. The standard InChI is InChI=1S/C17H21N5/c1-13(15-5-3-2-4-6-15)22(17(20)21-12-19)16-9-7-14(11-18)8-10-16/h7-10,13,15H,2-6H2,1H3,(H2,20,21). The molecule has 0 bridgehead atoms. The summed E-state index contributed by atoms with van der Waals surface area (Å²) in [5.41, 5.74) is 7.50. The number of hydrogen-bond donors (Lipinski definition) is 1. The van der Waals surface area contributed by atoms with Crippen LogP contribution in [-0.2, 0) is 0 Å². The van der Waals surface area contributed by atoms with Crippen molar-refractivity contribution in [1.82, 2.24) is 0 Å². The molecule has 22 heavy (non-hydrogen) atoms. The van der Waals surface area contributed by atoms with Crippen molar-refractivity contribution in [3.8, 4) is 12.3 Å². The van der Waals surface area contributed by atoms with Crippen LogP contribution in [0.1, 0.15) is 44.6 Å². The highest BCUT2D eigenvalue weighted by Gasteiger charge is 2.27. The molecule has 0 spiro atoms. The van der Waals surface area contributed by atoms with Crippen molar-refractivity contribution in [3.63, 3.8) is 0 Å². The van der Waals surface area contributed by atoms with Crippen LogP contribution in [0, 0.1) is 28.7 Å². The van der Waals surface area contributed by atoms with Gasteiger partial charge >= 0.3 is 0 Å². The van der Waals surface area contributed by atoms with Gasteiger partial charge in [0.15, 0.2) is 0 Å². The fourth-order valence-corrected chi connectivity index (χ4v) is 3.21. The molecular weight excluding hydrogens is 274 g/mol. The van der Waals surface area contributed by atoms with E-state index in [1.807, 2.05) is 17.0 Å². The number of nitrogens with zero attached hydrogens (tertiary/aromatic N) is 4. The fourth-order valence-electron chi connectivity index (χ4n) is 3.21. The second kappa shape index (κ2) is 7.47. The van der Waals surface area contributed by atoms with Crippen LogP contribution in [0.25, 0.3) is 0 Å². The molecule has 1 aliphatic rings. The minimum Gasteiger partial charge on any atom is -0.369 e. The summed E-state index contributed by atoms with van der Waals surface area (Å²) in [4.78, 5) is 5.64. The zero-order chi connectivity index (χ0) is 15.9. The molecule has 1 aliphatic carbocycles. The van der Waals surface area contributed by atoms with Crippen molar-refractivity contribution < 1.29 is 0 Å². The van der Waals surface area contributed by atoms with Gasteiger partial charge in [-0.3, -0.25) is 0 Å². The third kappa shape index (κ3) is 3.56. The van der Waals surface area contributed by atoms with Crippen molar-refractivity contribution in [2.24, 2.45) is 16.6 Å². The molecule has 0 amide bonds. The number of guanidine groups is 1. The lowest BCUT2D eigenvalue weighted by Crippen LogP contribution is -2.47. The van der Waals surface area contributed by atoms with Gasteiger partial charge in [-0.15, -0.1) is 4.99 Å². The van der Waals surface area contributed by atoms with Crippen LogP contribution in [0.2, 0.25) is 0 Å². The van der Waals surface area contributed by atoms with E-state index in [-0.39, 0.29) is 12.0 Å². The number of nitriles is 2. The van der Waals surface area contributed by atoms with E-state index in [0.717, 1.165) is 5.69 Å². The van der Waals surface area contributed by atoms with Crippen molar-refractivity contribution in [1.29, 1.82) is 10.5 Å². The molecule has 1 unspecified atom stereocenters. The average molecular weight is 295 g/mol. The number of aliphatic imine (C=N–C) groups is 1. The zero-order valence-corrected chi connectivity index (χ0v) is 12.9. The van der Waals surface area contributed by atoms with Gasteiger partial charge in [0, 0.05) is 11.7 Å². The predicted molar refractivity (Wildman–Crippen MR) is 86.9 cm³/mol. The van der Waals surface area contributed by atoms with Gasteiger partial charge in [-0.1, -0.05) is 19.3 Å². The molecule has 0 aliphatic heterocycles. The smallest absolute Gasteiger partial charge is 0.212 e. The molecule has 1 atom stereocenters. The zero-order valence-electron chi connectivity index (χ0n) is 12.9. The monoisotopic (exact) mass is 295 g/mol. The minimum atomic E-state index is 0.172. The van der Waals surface area contributed by atoms with Crippen LogP contribution in [0.3, 0.4) is 0 Å². The first-order valence-corrected chi connectivity index (χ1v) is 7.69. The van der Waals surface area contributed by atoms with Crippen LogP contribution in [0.5, 0.6) is 0 Å². The molecule has 2 rings (SSSR count). The summed E-state index contributed by atoms with van der Waals surface area (Å²) < 4.78 is 0. The molecular formula is C17H21N5. The second-order valence-corrected chi connectivity index (χ2v) is 5.74. The first-order valence-electron chi connectivity index (χ1n) is 7.69. The lowest BCUT2D eigenvalue weighted by atomic mass is 9.84. The van der Waals surface area contributed by atoms with E-state index in [0.29, 0.717) is 11.5 Å². The topological polar surface area (TPSA) is 89.2 Å². The van der Waals surface area contributed by atoms with Crippen molar-refractivity contribution >= 4 is 11.6 Å². The van der Waals surface area contributed by atoms with Gasteiger partial charge in [-0.25, -0.2) is 0 Å². The normalized spacial score (nSPS) is 17.3. The summed E-state index contributed by atoms with van der Waals surface area (Å²) in [6.07, 6.45) is 7.89. The van der Waals surface area contributed by atoms with E-state index in [2.05, 4.69) is 18.0 Å². The van der Waals surface area contributed by atoms with Crippen LogP contribution < -0.4 is 10.6 Å². The minimum absolute atomic E-state index is 0.172. The van der Waals surface area contributed by atoms with E-state index in [1.54, 1.807) is 18.3 Å². The first-order chi connectivity index (χ1) is 10.7. The maximum Gasteiger partial charge on any atom is 0.212 e. The number of hydrogen-bond acceptors (Lipinski definition) is 3. The Kier molecular flexibility index (Phi) is 5.38. The SMILES string of the molecule is CC(C1CCCCC1)N(C(N)=NC#N)c1ccc(C#N)cc1. The van der Waals surface area contributed by atoms with Crippen molar-refractivity contribution in [2.45, 2.75) is 45.1 Å². The van der Waals surface area contributed by atoms with E-state index < -0.39 is 0 Å². The quantitative estimate of drug-likeness (QED) is 0.527. The Morgan fingerprint density at radius 2 is 1.86 bits per heavy atom. The molecule has 0 aromatic heterocycles. The third-order valence-electron chi connectivity index (χ3n) is 4.43. The molecule has 2 N–H and O–H groups in total. The summed E-state index contributed by atoms with van der Waals surface area (Å²) in [6.45, 7) is 2.13. The molecule has 0 radical (unpaired) electrons. The number of benzene rings is 1. The molecule has 1 aromatic rings. The Labute approximate surface area is 131 Å². The maximum absolute atomic E-state index is 8.92. The highest BCUT2D eigenvalue weighted by Crippen LogP contribution is 2.31. The second-order valence-electron chi connectivity index (χ2n) is 5.74. The van der Waals surface area contributed by atoms with Gasteiger partial charge in [0.1, 0.15) is 0 Å². The van der Waals surface area contributed by atoms with Gasteiger partial charge in [-0.2, -0.15) is 10.5 Å². The van der Waals surface area contributed by atoms with E-state index >= 15 is 0 Å². The van der Waals surface area contributed by atoms with Gasteiger partial charge < -0.3 is 10.6 Å².